The number of esters is 1. The van der Waals surface area contributed by atoms with Crippen molar-refractivity contribution in [2.24, 2.45) is 4.99 Å². The summed E-state index contributed by atoms with van der Waals surface area (Å²) in [6.07, 6.45) is 0. The number of carbonyl (C=O) groups excluding carboxylic acids is 2. The third-order valence-electron chi connectivity index (χ3n) is 4.83. The van der Waals surface area contributed by atoms with Crippen molar-refractivity contribution in [1.82, 2.24) is 4.57 Å². The van der Waals surface area contributed by atoms with Crippen molar-refractivity contribution < 1.29 is 33.3 Å². The monoisotopic (exact) mass is 502 g/mol. The summed E-state index contributed by atoms with van der Waals surface area (Å²) in [5.41, 5.74) is 1.02. The minimum absolute atomic E-state index is 0.0890. The van der Waals surface area contributed by atoms with Crippen LogP contribution in [-0.4, -0.2) is 50.0 Å². The Morgan fingerprint density at radius 1 is 0.886 bits per heavy atom. The first-order chi connectivity index (χ1) is 16.9. The molecule has 0 spiro atoms. The molecule has 2 aromatic carbocycles. The zero-order valence-electron chi connectivity index (χ0n) is 20.6. The van der Waals surface area contributed by atoms with Gasteiger partial charge in [-0.05, 0) is 58.0 Å². The minimum Gasteiger partial charge on any atom is -0.494 e. The van der Waals surface area contributed by atoms with Crippen LogP contribution in [0.2, 0.25) is 0 Å². The molecule has 1 heterocycles. The smallest absolute Gasteiger partial charge is 0.325 e. The molecule has 0 unspecified atom stereocenters. The van der Waals surface area contributed by atoms with Gasteiger partial charge >= 0.3 is 5.97 Å². The fraction of sp³-hybridized carbons (Fsp3) is 0.400. The van der Waals surface area contributed by atoms with Crippen LogP contribution in [0, 0.1) is 0 Å². The van der Waals surface area contributed by atoms with E-state index in [9.17, 15) is 9.59 Å². The molecule has 9 nitrogen and oxygen atoms in total. The van der Waals surface area contributed by atoms with Crippen LogP contribution in [-0.2, 0) is 16.1 Å². The van der Waals surface area contributed by atoms with Gasteiger partial charge in [0.25, 0.3) is 5.91 Å². The summed E-state index contributed by atoms with van der Waals surface area (Å²) in [5, 5.41) is 0. The summed E-state index contributed by atoms with van der Waals surface area (Å²) >= 11 is 1.28. The van der Waals surface area contributed by atoms with E-state index < -0.39 is 11.9 Å². The highest BCUT2D eigenvalue weighted by atomic mass is 32.1. The Hall–Kier alpha value is -3.53. The summed E-state index contributed by atoms with van der Waals surface area (Å²) in [6.45, 7) is 9.08. The number of benzene rings is 2. The molecule has 3 aromatic rings. The van der Waals surface area contributed by atoms with Gasteiger partial charge in [0.2, 0.25) is 5.75 Å². The first-order valence-corrected chi connectivity index (χ1v) is 12.3. The van der Waals surface area contributed by atoms with E-state index in [0.717, 1.165) is 10.2 Å². The lowest BCUT2D eigenvalue weighted by Crippen LogP contribution is -2.22. The average molecular weight is 503 g/mol. The molecule has 35 heavy (non-hydrogen) atoms. The van der Waals surface area contributed by atoms with Crippen molar-refractivity contribution in [2.45, 2.75) is 34.2 Å². The lowest BCUT2D eigenvalue weighted by atomic mass is 10.1. The zero-order valence-corrected chi connectivity index (χ0v) is 21.4. The third-order valence-corrected chi connectivity index (χ3v) is 5.87. The van der Waals surface area contributed by atoms with Crippen LogP contribution in [0.4, 0.5) is 0 Å². The minimum atomic E-state index is -0.509. The number of hydrogen-bond acceptors (Lipinski definition) is 8. The van der Waals surface area contributed by atoms with Crippen LogP contribution in [0.5, 0.6) is 23.0 Å². The largest absolute Gasteiger partial charge is 0.494 e. The van der Waals surface area contributed by atoms with Crippen LogP contribution >= 0.6 is 11.3 Å². The second kappa shape index (κ2) is 12.3. The Morgan fingerprint density at radius 2 is 1.51 bits per heavy atom. The van der Waals surface area contributed by atoms with Gasteiger partial charge < -0.3 is 28.3 Å². The molecule has 0 atom stereocenters. The normalized spacial score (nSPS) is 11.4. The van der Waals surface area contributed by atoms with Gasteiger partial charge in [0.1, 0.15) is 12.3 Å². The standard InChI is InChI=1S/C25H30N2O7S/c1-6-31-17-10-11-18-21(14-17)35-25(27(18)15-22(28)30-5)26-24(29)16-12-19(32-7-2)23(34-9-4)20(13-16)33-8-3/h10-14H,6-9,15H2,1-5H3. The highest BCUT2D eigenvalue weighted by Crippen LogP contribution is 2.39. The average Bonchev–Trinajstić information content (AvgIpc) is 3.17. The highest BCUT2D eigenvalue weighted by molar-refractivity contribution is 7.16. The molecule has 0 aliphatic heterocycles. The Labute approximate surface area is 207 Å². The van der Waals surface area contributed by atoms with E-state index in [1.807, 2.05) is 45.9 Å². The molecule has 0 radical (unpaired) electrons. The third kappa shape index (κ3) is 6.13. The number of fused-ring (bicyclic) bond motifs is 1. The summed E-state index contributed by atoms with van der Waals surface area (Å²) in [4.78, 5) is 30.1. The van der Waals surface area contributed by atoms with Crippen LogP contribution in [0.25, 0.3) is 10.2 Å². The molecule has 0 fully saturated rings. The molecular weight excluding hydrogens is 472 g/mol. The summed E-state index contributed by atoms with van der Waals surface area (Å²) in [7, 11) is 1.32. The van der Waals surface area contributed by atoms with Crippen molar-refractivity contribution in [3.05, 3.63) is 40.7 Å². The number of thiazole rings is 1. The van der Waals surface area contributed by atoms with Gasteiger partial charge in [-0.25, -0.2) is 0 Å². The number of amides is 1. The summed E-state index contributed by atoms with van der Waals surface area (Å²) in [5.74, 6) is 0.978. The first kappa shape index (κ1) is 26.1. The number of methoxy groups -OCH3 is 1. The van der Waals surface area contributed by atoms with Crippen molar-refractivity contribution in [3.8, 4) is 23.0 Å². The zero-order chi connectivity index (χ0) is 25.4. The Balaban J connectivity index is 2.14. The maximum absolute atomic E-state index is 13.3. The summed E-state index contributed by atoms with van der Waals surface area (Å²) in [6, 6.07) is 8.69. The number of nitrogens with zero attached hydrogens (tertiary/aromatic N) is 2. The molecule has 0 aliphatic rings. The number of aromatic nitrogens is 1. The molecular formula is C25H30N2O7S. The quantitative estimate of drug-likeness (QED) is 0.362. The molecule has 188 valence electrons. The predicted molar refractivity (Wildman–Crippen MR) is 133 cm³/mol. The fourth-order valence-electron chi connectivity index (χ4n) is 3.41. The number of hydrogen-bond donors (Lipinski definition) is 0. The predicted octanol–water partition coefficient (Wildman–Crippen LogP) is 4.21. The highest BCUT2D eigenvalue weighted by Gasteiger charge is 2.19. The molecule has 0 bridgehead atoms. The molecule has 3 rings (SSSR count). The molecule has 0 aliphatic carbocycles. The number of ether oxygens (including phenoxy) is 5. The molecule has 0 saturated heterocycles. The molecule has 1 aromatic heterocycles. The second-order valence-corrected chi connectivity index (χ2v) is 8.14. The van der Waals surface area contributed by atoms with E-state index in [2.05, 4.69) is 4.99 Å². The van der Waals surface area contributed by atoms with E-state index in [1.54, 1.807) is 16.7 Å². The number of rotatable bonds is 11. The van der Waals surface area contributed by atoms with Crippen molar-refractivity contribution in [1.29, 1.82) is 0 Å². The SMILES string of the molecule is CCOc1ccc2c(c1)sc(=NC(=O)c1cc(OCC)c(OCC)c(OCC)c1)n2CC(=O)OC. The molecule has 0 saturated carbocycles. The maximum atomic E-state index is 13.3. The van der Waals surface area contributed by atoms with Crippen LogP contribution in [0.3, 0.4) is 0 Å². The second-order valence-electron chi connectivity index (χ2n) is 7.13. The van der Waals surface area contributed by atoms with E-state index in [0.29, 0.717) is 54.2 Å². The van der Waals surface area contributed by atoms with E-state index in [-0.39, 0.29) is 12.1 Å². The van der Waals surface area contributed by atoms with E-state index in [4.69, 9.17) is 23.7 Å². The Kier molecular flexibility index (Phi) is 9.13. The molecule has 10 heteroatoms. The lowest BCUT2D eigenvalue weighted by Gasteiger charge is -2.16. The van der Waals surface area contributed by atoms with E-state index in [1.165, 1.54) is 18.4 Å². The van der Waals surface area contributed by atoms with Crippen LogP contribution in [0.1, 0.15) is 38.1 Å². The van der Waals surface area contributed by atoms with Gasteiger partial charge in [-0.15, -0.1) is 0 Å². The maximum Gasteiger partial charge on any atom is 0.325 e. The Morgan fingerprint density at radius 3 is 2.09 bits per heavy atom. The topological polar surface area (TPSA) is 97.6 Å². The number of carbonyl (C=O) groups is 2. The van der Waals surface area contributed by atoms with Gasteiger partial charge in [-0.1, -0.05) is 11.3 Å². The van der Waals surface area contributed by atoms with Crippen molar-refractivity contribution in [2.75, 3.05) is 33.5 Å². The lowest BCUT2D eigenvalue weighted by molar-refractivity contribution is -0.141. The van der Waals surface area contributed by atoms with Gasteiger partial charge in [0.15, 0.2) is 16.3 Å². The van der Waals surface area contributed by atoms with Gasteiger partial charge in [-0.2, -0.15) is 4.99 Å². The Bertz CT molecular complexity index is 1240. The summed E-state index contributed by atoms with van der Waals surface area (Å²) < 4.78 is 30.1. The first-order valence-electron chi connectivity index (χ1n) is 11.4. The van der Waals surface area contributed by atoms with Crippen LogP contribution < -0.4 is 23.7 Å². The van der Waals surface area contributed by atoms with Crippen molar-refractivity contribution >= 4 is 33.4 Å². The van der Waals surface area contributed by atoms with Crippen molar-refractivity contribution in [3.63, 3.8) is 0 Å². The molecule has 0 N–H and O–H groups in total. The fourth-order valence-corrected chi connectivity index (χ4v) is 4.46. The van der Waals surface area contributed by atoms with Gasteiger partial charge in [-0.3, -0.25) is 9.59 Å². The van der Waals surface area contributed by atoms with E-state index >= 15 is 0 Å². The molecule has 1 amide bonds. The van der Waals surface area contributed by atoms with Gasteiger partial charge in [0.05, 0.1) is 43.8 Å². The van der Waals surface area contributed by atoms with Gasteiger partial charge in [0, 0.05) is 5.56 Å². The van der Waals surface area contributed by atoms with Crippen LogP contribution in [0.15, 0.2) is 35.3 Å².